The standard InChI is InChI=1S/C8H20N2/c1-6-8(3,7(2)9)10(4)5/h7H,6,9H2,1-5H3. The molecule has 0 bridgehead atoms. The van der Waals surface area contributed by atoms with Crippen molar-refractivity contribution in [3.8, 4) is 0 Å². The minimum atomic E-state index is 0.153. The van der Waals surface area contributed by atoms with Crippen LogP contribution >= 0.6 is 0 Å². The van der Waals surface area contributed by atoms with Crippen molar-refractivity contribution < 1.29 is 0 Å². The van der Waals surface area contributed by atoms with Gasteiger partial charge >= 0.3 is 0 Å². The molecule has 0 aromatic carbocycles. The van der Waals surface area contributed by atoms with Gasteiger partial charge in [0.15, 0.2) is 0 Å². The van der Waals surface area contributed by atoms with Crippen LogP contribution in [-0.4, -0.2) is 30.6 Å². The van der Waals surface area contributed by atoms with Crippen LogP contribution in [0.5, 0.6) is 0 Å². The van der Waals surface area contributed by atoms with E-state index >= 15 is 0 Å². The Kier molecular flexibility index (Phi) is 3.33. The van der Waals surface area contributed by atoms with Crippen LogP contribution in [0.15, 0.2) is 0 Å². The van der Waals surface area contributed by atoms with E-state index in [1.54, 1.807) is 0 Å². The van der Waals surface area contributed by atoms with E-state index in [1.165, 1.54) is 0 Å². The van der Waals surface area contributed by atoms with Crippen LogP contribution in [0.4, 0.5) is 0 Å². The Morgan fingerprint density at radius 3 is 1.90 bits per heavy atom. The first-order valence-electron chi connectivity index (χ1n) is 3.88. The molecule has 2 N–H and O–H groups in total. The molecule has 2 nitrogen and oxygen atoms in total. The lowest BCUT2D eigenvalue weighted by molar-refractivity contribution is 0.139. The molecule has 0 saturated heterocycles. The minimum Gasteiger partial charge on any atom is -0.326 e. The molecule has 0 fully saturated rings. The minimum absolute atomic E-state index is 0.153. The van der Waals surface area contributed by atoms with Gasteiger partial charge in [-0.3, -0.25) is 0 Å². The lowest BCUT2D eigenvalue weighted by Crippen LogP contribution is -2.53. The lowest BCUT2D eigenvalue weighted by Gasteiger charge is -2.39. The fraction of sp³-hybridized carbons (Fsp3) is 1.00. The summed E-state index contributed by atoms with van der Waals surface area (Å²) in [6.45, 7) is 6.42. The Balaban J connectivity index is 4.23. The fourth-order valence-electron chi connectivity index (χ4n) is 1.05. The van der Waals surface area contributed by atoms with E-state index in [0.717, 1.165) is 6.42 Å². The summed E-state index contributed by atoms with van der Waals surface area (Å²) in [7, 11) is 4.15. The number of nitrogens with two attached hydrogens (primary N) is 1. The second-order valence-electron chi connectivity index (χ2n) is 3.39. The SMILES string of the molecule is CCC(C)(C(C)N)N(C)C. The molecule has 0 radical (unpaired) electrons. The predicted octanol–water partition coefficient (Wildman–Crippen LogP) is 1.06. The van der Waals surface area contributed by atoms with Crippen LogP contribution in [0.3, 0.4) is 0 Å². The average Bonchev–Trinajstić information content (AvgIpc) is 1.85. The number of rotatable bonds is 3. The third-order valence-corrected chi connectivity index (χ3v) is 2.72. The Hall–Kier alpha value is -0.0800. The molecule has 0 aromatic heterocycles. The molecule has 0 aliphatic rings. The second kappa shape index (κ2) is 3.35. The first kappa shape index (κ1) is 9.92. The van der Waals surface area contributed by atoms with Crippen LogP contribution in [0.25, 0.3) is 0 Å². The molecule has 0 aromatic rings. The highest BCUT2D eigenvalue weighted by atomic mass is 15.2. The van der Waals surface area contributed by atoms with Gasteiger partial charge in [-0.25, -0.2) is 0 Å². The topological polar surface area (TPSA) is 29.3 Å². The molecule has 0 rings (SSSR count). The van der Waals surface area contributed by atoms with Crippen molar-refractivity contribution in [3.63, 3.8) is 0 Å². The van der Waals surface area contributed by atoms with Gasteiger partial charge in [-0.2, -0.15) is 0 Å². The Labute approximate surface area is 64.4 Å². The van der Waals surface area contributed by atoms with E-state index in [4.69, 9.17) is 5.73 Å². The Morgan fingerprint density at radius 2 is 1.90 bits per heavy atom. The molecular formula is C8H20N2. The molecule has 2 atom stereocenters. The highest BCUT2D eigenvalue weighted by molar-refractivity contribution is 4.89. The summed E-state index contributed by atoms with van der Waals surface area (Å²) >= 11 is 0. The van der Waals surface area contributed by atoms with Crippen LogP contribution < -0.4 is 5.73 Å². The van der Waals surface area contributed by atoms with Crippen molar-refractivity contribution in [2.75, 3.05) is 14.1 Å². The van der Waals surface area contributed by atoms with Crippen LogP contribution in [0, 0.1) is 0 Å². The molecule has 0 amide bonds. The molecule has 0 saturated carbocycles. The van der Waals surface area contributed by atoms with Gasteiger partial charge in [-0.1, -0.05) is 6.92 Å². The van der Waals surface area contributed by atoms with Crippen molar-refractivity contribution in [1.29, 1.82) is 0 Å². The van der Waals surface area contributed by atoms with Gasteiger partial charge < -0.3 is 10.6 Å². The van der Waals surface area contributed by atoms with Crippen LogP contribution in [-0.2, 0) is 0 Å². The Bertz CT molecular complexity index is 89.4. The third kappa shape index (κ3) is 1.70. The van der Waals surface area contributed by atoms with Crippen molar-refractivity contribution in [2.45, 2.75) is 38.8 Å². The van der Waals surface area contributed by atoms with Crippen LogP contribution in [0.1, 0.15) is 27.2 Å². The van der Waals surface area contributed by atoms with Crippen molar-refractivity contribution >= 4 is 0 Å². The maximum atomic E-state index is 5.84. The first-order valence-corrected chi connectivity index (χ1v) is 3.88. The van der Waals surface area contributed by atoms with Crippen LogP contribution in [0.2, 0.25) is 0 Å². The quantitative estimate of drug-likeness (QED) is 0.642. The van der Waals surface area contributed by atoms with Gasteiger partial charge in [0.2, 0.25) is 0 Å². The van der Waals surface area contributed by atoms with Gasteiger partial charge in [0.1, 0.15) is 0 Å². The highest BCUT2D eigenvalue weighted by Gasteiger charge is 2.28. The van der Waals surface area contributed by atoms with E-state index in [2.05, 4.69) is 39.8 Å². The third-order valence-electron chi connectivity index (χ3n) is 2.72. The van der Waals surface area contributed by atoms with Crippen molar-refractivity contribution in [3.05, 3.63) is 0 Å². The molecule has 0 aliphatic carbocycles. The molecule has 0 spiro atoms. The molecule has 2 heteroatoms. The fourth-order valence-corrected chi connectivity index (χ4v) is 1.05. The molecule has 10 heavy (non-hydrogen) atoms. The van der Waals surface area contributed by atoms with E-state index in [9.17, 15) is 0 Å². The highest BCUT2D eigenvalue weighted by Crippen LogP contribution is 2.18. The molecule has 62 valence electrons. The first-order chi connectivity index (χ1) is 4.45. The average molecular weight is 144 g/mol. The van der Waals surface area contributed by atoms with Gasteiger partial charge in [0.05, 0.1) is 0 Å². The second-order valence-corrected chi connectivity index (χ2v) is 3.39. The monoisotopic (exact) mass is 144 g/mol. The molecule has 0 heterocycles. The summed E-state index contributed by atoms with van der Waals surface area (Å²) < 4.78 is 0. The smallest absolute Gasteiger partial charge is 0.0320 e. The number of hydrogen-bond donors (Lipinski definition) is 1. The maximum Gasteiger partial charge on any atom is 0.0320 e. The zero-order valence-electron chi connectivity index (χ0n) is 7.81. The summed E-state index contributed by atoms with van der Waals surface area (Å²) in [5.74, 6) is 0. The molecule has 0 aliphatic heterocycles. The summed E-state index contributed by atoms with van der Waals surface area (Å²) in [6.07, 6.45) is 1.09. The summed E-state index contributed by atoms with van der Waals surface area (Å²) in [4.78, 5) is 2.19. The Morgan fingerprint density at radius 1 is 1.50 bits per heavy atom. The summed E-state index contributed by atoms with van der Waals surface area (Å²) in [5, 5.41) is 0. The van der Waals surface area contributed by atoms with Gasteiger partial charge in [0.25, 0.3) is 0 Å². The largest absolute Gasteiger partial charge is 0.326 e. The molecule has 2 unspecified atom stereocenters. The van der Waals surface area contributed by atoms with Gasteiger partial charge in [0, 0.05) is 11.6 Å². The van der Waals surface area contributed by atoms with E-state index in [-0.39, 0.29) is 11.6 Å². The van der Waals surface area contributed by atoms with E-state index in [1.807, 2.05) is 0 Å². The zero-order valence-corrected chi connectivity index (χ0v) is 7.81. The van der Waals surface area contributed by atoms with Gasteiger partial charge in [-0.15, -0.1) is 0 Å². The van der Waals surface area contributed by atoms with E-state index in [0.29, 0.717) is 0 Å². The maximum absolute atomic E-state index is 5.84. The van der Waals surface area contributed by atoms with Crippen molar-refractivity contribution in [2.24, 2.45) is 5.73 Å². The number of hydrogen-bond acceptors (Lipinski definition) is 2. The molecular weight excluding hydrogens is 124 g/mol. The number of likely N-dealkylation sites (N-methyl/N-ethyl adjacent to an activating group) is 1. The predicted molar refractivity (Wildman–Crippen MR) is 46.0 cm³/mol. The van der Waals surface area contributed by atoms with E-state index < -0.39 is 0 Å². The summed E-state index contributed by atoms with van der Waals surface area (Å²) in [5.41, 5.74) is 5.99. The summed E-state index contributed by atoms with van der Waals surface area (Å²) in [6, 6.07) is 0.229. The van der Waals surface area contributed by atoms with Gasteiger partial charge in [-0.05, 0) is 34.4 Å². The normalized spacial score (nSPS) is 20.7. The zero-order chi connectivity index (χ0) is 8.36. The lowest BCUT2D eigenvalue weighted by atomic mass is 9.90. The number of nitrogens with zero attached hydrogens (tertiary/aromatic N) is 1. The van der Waals surface area contributed by atoms with Crippen molar-refractivity contribution in [1.82, 2.24) is 4.90 Å².